The van der Waals surface area contributed by atoms with Crippen LogP contribution in [0.1, 0.15) is 36.8 Å². The highest BCUT2D eigenvalue weighted by atomic mass is 19.1. The summed E-state index contributed by atoms with van der Waals surface area (Å²) < 4.78 is 17.6. The van der Waals surface area contributed by atoms with Crippen molar-refractivity contribution in [1.29, 1.82) is 0 Å². The van der Waals surface area contributed by atoms with Gasteiger partial charge in [0.15, 0.2) is 17.2 Å². The first-order valence-electron chi connectivity index (χ1n) is 12.8. The minimum atomic E-state index is -1.08. The van der Waals surface area contributed by atoms with Crippen LogP contribution in [0.2, 0.25) is 0 Å². The summed E-state index contributed by atoms with van der Waals surface area (Å²) >= 11 is 0. The maximum Gasteiger partial charge on any atom is 0.323 e. The van der Waals surface area contributed by atoms with Gasteiger partial charge in [0.05, 0.1) is 23.5 Å². The molecule has 0 unspecified atom stereocenters. The number of aliphatic carboxylic acids is 1. The molecule has 1 fully saturated rings. The average Bonchev–Trinajstić information content (AvgIpc) is 3.46. The number of nitrogens with two attached hydrogens (primary N) is 1. The van der Waals surface area contributed by atoms with Crippen molar-refractivity contribution >= 4 is 45.6 Å². The van der Waals surface area contributed by atoms with Gasteiger partial charge in [0, 0.05) is 61.9 Å². The molecule has 1 aliphatic heterocycles. The maximum absolute atomic E-state index is 14.5. The van der Waals surface area contributed by atoms with Crippen LogP contribution in [0.25, 0.3) is 16.6 Å². The van der Waals surface area contributed by atoms with Crippen molar-refractivity contribution in [1.82, 2.24) is 24.5 Å². The number of nitrogens with zero attached hydrogens (tertiary/aromatic N) is 5. The summed E-state index contributed by atoms with van der Waals surface area (Å²) in [4.78, 5) is 41.2. The van der Waals surface area contributed by atoms with E-state index < -0.39 is 23.2 Å². The van der Waals surface area contributed by atoms with Gasteiger partial charge in [0.2, 0.25) is 0 Å². The first-order valence-corrected chi connectivity index (χ1v) is 12.8. The summed E-state index contributed by atoms with van der Waals surface area (Å²) in [6.45, 7) is 9.69. The molecule has 0 atom stereocenters. The van der Waals surface area contributed by atoms with Crippen molar-refractivity contribution in [2.75, 3.05) is 36.4 Å². The Kier molecular flexibility index (Phi) is 8.16. The Morgan fingerprint density at radius 3 is 2.48 bits per heavy atom. The van der Waals surface area contributed by atoms with Gasteiger partial charge in [-0.1, -0.05) is 0 Å². The number of imidazole rings is 1. The van der Waals surface area contributed by atoms with Gasteiger partial charge in [0.25, 0.3) is 5.91 Å². The average molecular weight is 553 g/mol. The van der Waals surface area contributed by atoms with E-state index in [1.165, 1.54) is 26.8 Å². The molecule has 12 nitrogen and oxygen atoms in total. The zero-order valence-electron chi connectivity index (χ0n) is 22.9. The molecule has 5 N–H and O–H groups in total. The number of ketones is 1. The van der Waals surface area contributed by atoms with Crippen molar-refractivity contribution in [2.45, 2.75) is 39.8 Å². The van der Waals surface area contributed by atoms with Crippen LogP contribution < -0.4 is 21.3 Å². The number of fused-ring (bicyclic) bond motifs is 2. The lowest BCUT2D eigenvalue weighted by molar-refractivity contribution is -0.141. The highest BCUT2D eigenvalue weighted by Gasteiger charge is 2.21. The zero-order valence-corrected chi connectivity index (χ0v) is 22.9. The Hall–Kier alpha value is -4.36. The lowest BCUT2D eigenvalue weighted by Crippen LogP contribution is -2.43. The Balaban J connectivity index is 0.000000470. The van der Waals surface area contributed by atoms with E-state index in [1.807, 2.05) is 12.3 Å². The van der Waals surface area contributed by atoms with E-state index in [4.69, 9.17) is 10.8 Å². The number of carbonyl (C=O) groups excluding carboxylic acids is 2. The molecule has 1 amide bonds. The zero-order chi connectivity index (χ0) is 29.2. The predicted octanol–water partition coefficient (Wildman–Crippen LogP) is 2.19. The summed E-state index contributed by atoms with van der Waals surface area (Å²) in [6.07, 6.45) is 5.12. The smallest absolute Gasteiger partial charge is 0.323 e. The van der Waals surface area contributed by atoms with Crippen LogP contribution >= 0.6 is 0 Å². The second kappa shape index (κ2) is 11.4. The number of aromatic nitrogens is 4. The van der Waals surface area contributed by atoms with Crippen LogP contribution in [0.5, 0.6) is 0 Å². The molecular weight excluding hydrogens is 519 g/mol. The molecule has 0 aliphatic carbocycles. The second-order valence-electron chi connectivity index (χ2n) is 10.3. The van der Waals surface area contributed by atoms with Gasteiger partial charge in [-0.15, -0.1) is 0 Å². The van der Waals surface area contributed by atoms with Crippen LogP contribution in [0.4, 0.5) is 15.8 Å². The van der Waals surface area contributed by atoms with E-state index in [9.17, 15) is 18.8 Å². The number of amides is 1. The largest absolute Gasteiger partial charge is 0.480 e. The maximum atomic E-state index is 14.5. The van der Waals surface area contributed by atoms with Crippen molar-refractivity contribution in [3.8, 4) is 0 Å². The van der Waals surface area contributed by atoms with Gasteiger partial charge >= 0.3 is 5.97 Å². The van der Waals surface area contributed by atoms with Crippen molar-refractivity contribution in [3.05, 3.63) is 53.9 Å². The first kappa shape index (κ1) is 28.6. The number of hydrogen-bond donors (Lipinski definition) is 4. The Labute approximate surface area is 230 Å². The number of rotatable bonds is 6. The number of hydrogen-bond acceptors (Lipinski definition) is 8. The van der Waals surface area contributed by atoms with Crippen LogP contribution in [-0.2, 0) is 16.1 Å². The summed E-state index contributed by atoms with van der Waals surface area (Å²) in [6, 6.07) is 4.89. The third-order valence-corrected chi connectivity index (χ3v) is 6.22. The molecule has 5 rings (SSSR count). The monoisotopic (exact) mass is 552 g/mol. The second-order valence-corrected chi connectivity index (χ2v) is 10.3. The minimum absolute atomic E-state index is 0.0306. The number of anilines is 2. The highest BCUT2D eigenvalue weighted by molar-refractivity contribution is 6.14. The molecule has 4 heterocycles. The van der Waals surface area contributed by atoms with Crippen LogP contribution in [0.3, 0.4) is 0 Å². The summed E-state index contributed by atoms with van der Waals surface area (Å²) in [5.41, 5.74) is 7.02. The van der Waals surface area contributed by atoms with Gasteiger partial charge in [-0.2, -0.15) is 5.10 Å². The number of aryl methyl sites for hydroxylation is 1. The Bertz CT molecular complexity index is 1580. The molecule has 1 aromatic carbocycles. The predicted molar refractivity (Wildman–Crippen MR) is 149 cm³/mol. The number of carboxylic acid groups (broad SMARTS) is 1. The molecule has 40 heavy (non-hydrogen) atoms. The van der Waals surface area contributed by atoms with Crippen molar-refractivity contribution < 1.29 is 23.9 Å². The number of Topliss-reactive ketones (excluding diaryl/α,β-unsaturated/α-hetero) is 1. The molecule has 4 aromatic rings. The first-order chi connectivity index (χ1) is 18.8. The van der Waals surface area contributed by atoms with Gasteiger partial charge in [-0.25, -0.2) is 9.37 Å². The van der Waals surface area contributed by atoms with Crippen LogP contribution in [0, 0.1) is 12.7 Å². The van der Waals surface area contributed by atoms with E-state index in [1.54, 1.807) is 34.5 Å². The summed E-state index contributed by atoms with van der Waals surface area (Å²) in [5, 5.41) is 19.6. The van der Waals surface area contributed by atoms with Crippen molar-refractivity contribution in [2.24, 2.45) is 5.73 Å². The van der Waals surface area contributed by atoms with E-state index in [-0.39, 0.29) is 18.0 Å². The quantitative estimate of drug-likeness (QED) is 0.281. The molecule has 1 aliphatic rings. The SMILES string of the molecule is CC(=O)Cn1cc2c(N3CCNCC3)ccc(C(=O)Nc3cc(F)c4nc(C)cn4c3)c2n1.CC(C)(N)C(=O)O. The number of nitrogens with one attached hydrogen (secondary N) is 2. The fourth-order valence-electron chi connectivity index (χ4n) is 4.26. The molecule has 13 heteroatoms. The van der Waals surface area contributed by atoms with E-state index in [0.717, 1.165) is 37.3 Å². The van der Waals surface area contributed by atoms with E-state index >= 15 is 0 Å². The molecule has 0 radical (unpaired) electrons. The van der Waals surface area contributed by atoms with Crippen molar-refractivity contribution in [3.63, 3.8) is 0 Å². The Morgan fingerprint density at radius 1 is 1.18 bits per heavy atom. The normalized spacial score (nSPS) is 13.7. The molecule has 0 bridgehead atoms. The third-order valence-electron chi connectivity index (χ3n) is 6.22. The Morgan fingerprint density at radius 2 is 1.85 bits per heavy atom. The lowest BCUT2D eigenvalue weighted by Gasteiger charge is -2.30. The molecule has 3 aromatic heterocycles. The number of carboxylic acids is 1. The summed E-state index contributed by atoms with van der Waals surface area (Å²) in [7, 11) is 0. The third kappa shape index (κ3) is 6.43. The van der Waals surface area contributed by atoms with Gasteiger partial charge in [-0.3, -0.25) is 19.1 Å². The number of halogens is 1. The minimum Gasteiger partial charge on any atom is -0.480 e. The molecule has 0 saturated carbocycles. The van der Waals surface area contributed by atoms with Crippen LogP contribution in [0.15, 0.2) is 36.8 Å². The number of benzene rings is 1. The standard InChI is InChI=1S/C23H24FN7O2.C4H9NO2/c1-14-10-30-12-16(9-19(24)22(30)26-14)27-23(33)17-3-4-20(29-7-5-25-6-8-29)18-13-31(11-15(2)32)28-21(17)18;1-4(2,5)3(6)7/h3-4,9-10,12-13,25H,5-8,11H2,1-2H3,(H,27,33);5H2,1-2H3,(H,6,7). The topological polar surface area (TPSA) is 160 Å². The number of pyridine rings is 1. The van der Waals surface area contributed by atoms with Crippen LogP contribution in [-0.4, -0.2) is 73.6 Å². The molecular formula is C27H33FN8O4. The number of piperazine rings is 1. The molecule has 0 spiro atoms. The van der Waals surface area contributed by atoms with E-state index in [0.29, 0.717) is 22.5 Å². The van der Waals surface area contributed by atoms with Gasteiger partial charge < -0.3 is 30.8 Å². The lowest BCUT2D eigenvalue weighted by atomic mass is 10.1. The number of carbonyl (C=O) groups is 3. The fraction of sp³-hybridized carbons (Fsp3) is 0.370. The molecule has 1 saturated heterocycles. The summed E-state index contributed by atoms with van der Waals surface area (Å²) in [5.74, 6) is -1.94. The highest BCUT2D eigenvalue weighted by Crippen LogP contribution is 2.30. The van der Waals surface area contributed by atoms with Gasteiger partial charge in [0.1, 0.15) is 11.1 Å². The van der Waals surface area contributed by atoms with E-state index in [2.05, 4.69) is 25.6 Å². The molecule has 212 valence electrons. The fourth-order valence-corrected chi connectivity index (χ4v) is 4.26. The van der Waals surface area contributed by atoms with Gasteiger partial charge in [-0.05, 0) is 39.8 Å².